The summed E-state index contributed by atoms with van der Waals surface area (Å²) in [6, 6.07) is 3.49. The quantitative estimate of drug-likeness (QED) is 0.927. The van der Waals surface area contributed by atoms with E-state index in [2.05, 4.69) is 5.32 Å². The van der Waals surface area contributed by atoms with Gasteiger partial charge in [0.1, 0.15) is 11.6 Å². The van der Waals surface area contributed by atoms with Gasteiger partial charge in [-0.05, 0) is 68.5 Å². The SMILES string of the molecule is CNCC1CCN(C(=O)C2CC2c2cc(F)ccc2F)CC1. The zero-order chi connectivity index (χ0) is 15.7. The van der Waals surface area contributed by atoms with Gasteiger partial charge in [-0.2, -0.15) is 0 Å². The molecule has 3 nitrogen and oxygen atoms in total. The number of carbonyl (C=O) groups excluding carboxylic acids is 1. The average molecular weight is 308 g/mol. The van der Waals surface area contributed by atoms with Crippen molar-refractivity contribution in [2.75, 3.05) is 26.7 Å². The van der Waals surface area contributed by atoms with Crippen LogP contribution in [-0.2, 0) is 4.79 Å². The molecular weight excluding hydrogens is 286 g/mol. The van der Waals surface area contributed by atoms with Crippen LogP contribution in [0.5, 0.6) is 0 Å². The Balaban J connectivity index is 1.58. The Morgan fingerprint density at radius 2 is 2.05 bits per heavy atom. The Bertz CT molecular complexity index is 556. The lowest BCUT2D eigenvalue weighted by Crippen LogP contribution is -2.41. The van der Waals surface area contributed by atoms with Crippen LogP contribution < -0.4 is 5.32 Å². The minimum atomic E-state index is -0.442. The average Bonchev–Trinajstić information content (AvgIpc) is 3.30. The van der Waals surface area contributed by atoms with E-state index in [9.17, 15) is 13.6 Å². The van der Waals surface area contributed by atoms with Gasteiger partial charge in [-0.1, -0.05) is 0 Å². The van der Waals surface area contributed by atoms with Gasteiger partial charge in [-0.15, -0.1) is 0 Å². The zero-order valence-corrected chi connectivity index (χ0v) is 12.8. The summed E-state index contributed by atoms with van der Waals surface area (Å²) in [7, 11) is 1.94. The molecule has 120 valence electrons. The Labute approximate surface area is 129 Å². The molecule has 2 atom stereocenters. The Kier molecular flexibility index (Phi) is 4.43. The second-order valence-corrected chi connectivity index (χ2v) is 6.44. The summed E-state index contributed by atoms with van der Waals surface area (Å²) in [5.41, 5.74) is 0.350. The molecular formula is C17H22F2N2O. The van der Waals surface area contributed by atoms with Crippen molar-refractivity contribution in [3.8, 4) is 0 Å². The molecule has 0 bridgehead atoms. The van der Waals surface area contributed by atoms with E-state index in [0.717, 1.165) is 44.6 Å². The number of rotatable bonds is 4. The van der Waals surface area contributed by atoms with E-state index in [1.807, 2.05) is 11.9 Å². The summed E-state index contributed by atoms with van der Waals surface area (Å²) in [5, 5.41) is 3.18. The highest BCUT2D eigenvalue weighted by molar-refractivity contribution is 5.83. The van der Waals surface area contributed by atoms with E-state index in [1.165, 1.54) is 6.07 Å². The highest BCUT2D eigenvalue weighted by Crippen LogP contribution is 2.49. The van der Waals surface area contributed by atoms with Gasteiger partial charge in [0.2, 0.25) is 5.91 Å². The van der Waals surface area contributed by atoms with Crippen molar-refractivity contribution in [1.82, 2.24) is 10.2 Å². The molecule has 2 aliphatic rings. The van der Waals surface area contributed by atoms with Crippen LogP contribution in [-0.4, -0.2) is 37.5 Å². The Hall–Kier alpha value is -1.49. The minimum Gasteiger partial charge on any atom is -0.342 e. The lowest BCUT2D eigenvalue weighted by atomic mass is 9.96. The van der Waals surface area contributed by atoms with Crippen molar-refractivity contribution in [1.29, 1.82) is 0 Å². The van der Waals surface area contributed by atoms with Crippen LogP contribution >= 0.6 is 0 Å². The monoisotopic (exact) mass is 308 g/mol. The highest BCUT2D eigenvalue weighted by Gasteiger charge is 2.47. The molecule has 1 aliphatic carbocycles. The number of nitrogens with one attached hydrogen (secondary N) is 1. The first kappa shape index (κ1) is 15.4. The van der Waals surface area contributed by atoms with Gasteiger partial charge >= 0.3 is 0 Å². The van der Waals surface area contributed by atoms with Crippen LogP contribution in [0.2, 0.25) is 0 Å². The number of hydrogen-bond donors (Lipinski definition) is 1. The fourth-order valence-electron chi connectivity index (χ4n) is 3.49. The van der Waals surface area contributed by atoms with E-state index in [1.54, 1.807) is 0 Å². The molecule has 1 aromatic rings. The smallest absolute Gasteiger partial charge is 0.226 e. The number of piperidine rings is 1. The number of carbonyl (C=O) groups is 1. The molecule has 0 radical (unpaired) electrons. The predicted octanol–water partition coefficient (Wildman–Crippen LogP) is 2.53. The summed E-state index contributed by atoms with van der Waals surface area (Å²) < 4.78 is 27.0. The number of benzene rings is 1. The van der Waals surface area contributed by atoms with E-state index in [-0.39, 0.29) is 17.7 Å². The second kappa shape index (κ2) is 6.32. The first-order valence-electron chi connectivity index (χ1n) is 7.98. The molecule has 5 heteroatoms. The fourth-order valence-corrected chi connectivity index (χ4v) is 3.49. The number of hydrogen-bond acceptors (Lipinski definition) is 2. The molecule has 1 aliphatic heterocycles. The molecule has 0 spiro atoms. The maximum Gasteiger partial charge on any atom is 0.226 e. The van der Waals surface area contributed by atoms with Crippen molar-refractivity contribution in [2.24, 2.45) is 11.8 Å². The summed E-state index contributed by atoms with van der Waals surface area (Å²) >= 11 is 0. The zero-order valence-electron chi connectivity index (χ0n) is 12.8. The molecule has 3 rings (SSSR count). The normalized spacial score (nSPS) is 25.3. The molecule has 1 amide bonds. The third-order valence-electron chi connectivity index (χ3n) is 4.88. The predicted molar refractivity (Wildman–Crippen MR) is 80.4 cm³/mol. The van der Waals surface area contributed by atoms with E-state index in [0.29, 0.717) is 17.9 Å². The van der Waals surface area contributed by atoms with Crippen LogP contribution in [0, 0.1) is 23.5 Å². The molecule has 22 heavy (non-hydrogen) atoms. The van der Waals surface area contributed by atoms with Gasteiger partial charge in [-0.3, -0.25) is 4.79 Å². The first-order chi connectivity index (χ1) is 10.6. The van der Waals surface area contributed by atoms with Crippen LogP contribution in [0.1, 0.15) is 30.7 Å². The summed E-state index contributed by atoms with van der Waals surface area (Å²) in [4.78, 5) is 14.4. The maximum atomic E-state index is 13.8. The largest absolute Gasteiger partial charge is 0.342 e. The highest BCUT2D eigenvalue weighted by atomic mass is 19.1. The van der Waals surface area contributed by atoms with Gasteiger partial charge in [0.05, 0.1) is 0 Å². The van der Waals surface area contributed by atoms with E-state index >= 15 is 0 Å². The van der Waals surface area contributed by atoms with Crippen molar-refractivity contribution < 1.29 is 13.6 Å². The van der Waals surface area contributed by atoms with E-state index in [4.69, 9.17) is 0 Å². The van der Waals surface area contributed by atoms with Crippen molar-refractivity contribution in [3.63, 3.8) is 0 Å². The fraction of sp³-hybridized carbons (Fsp3) is 0.588. The van der Waals surface area contributed by atoms with Crippen molar-refractivity contribution in [2.45, 2.75) is 25.2 Å². The lowest BCUT2D eigenvalue weighted by Gasteiger charge is -2.32. The maximum absolute atomic E-state index is 13.8. The summed E-state index contributed by atoms with van der Waals surface area (Å²) in [5.74, 6) is -0.437. The molecule has 0 aromatic heterocycles. The van der Waals surface area contributed by atoms with Gasteiger partial charge < -0.3 is 10.2 Å². The molecule has 2 unspecified atom stereocenters. The lowest BCUT2D eigenvalue weighted by molar-refractivity contribution is -0.134. The number of likely N-dealkylation sites (tertiary alicyclic amines) is 1. The second-order valence-electron chi connectivity index (χ2n) is 6.44. The Morgan fingerprint density at radius 1 is 1.32 bits per heavy atom. The van der Waals surface area contributed by atoms with Gasteiger partial charge in [0.15, 0.2) is 0 Å². The number of nitrogens with zero attached hydrogens (tertiary/aromatic N) is 1. The van der Waals surface area contributed by atoms with Gasteiger partial charge in [-0.25, -0.2) is 8.78 Å². The molecule has 1 heterocycles. The molecule has 1 aromatic carbocycles. The van der Waals surface area contributed by atoms with Gasteiger partial charge in [0.25, 0.3) is 0 Å². The third-order valence-corrected chi connectivity index (χ3v) is 4.88. The van der Waals surface area contributed by atoms with E-state index < -0.39 is 11.6 Å². The molecule has 1 saturated carbocycles. The summed E-state index contributed by atoms with van der Waals surface area (Å²) in [6.07, 6.45) is 2.66. The van der Waals surface area contributed by atoms with Crippen LogP contribution in [0.25, 0.3) is 0 Å². The third kappa shape index (κ3) is 3.14. The van der Waals surface area contributed by atoms with Crippen molar-refractivity contribution >= 4 is 5.91 Å². The first-order valence-corrected chi connectivity index (χ1v) is 7.98. The topological polar surface area (TPSA) is 32.3 Å². The van der Waals surface area contributed by atoms with Gasteiger partial charge in [0, 0.05) is 19.0 Å². The summed E-state index contributed by atoms with van der Waals surface area (Å²) in [6.45, 7) is 2.54. The van der Waals surface area contributed by atoms with Crippen molar-refractivity contribution in [3.05, 3.63) is 35.4 Å². The van der Waals surface area contributed by atoms with Crippen LogP contribution in [0.15, 0.2) is 18.2 Å². The Morgan fingerprint density at radius 3 is 2.73 bits per heavy atom. The van der Waals surface area contributed by atoms with Crippen LogP contribution in [0.3, 0.4) is 0 Å². The minimum absolute atomic E-state index is 0.108. The molecule has 1 N–H and O–H groups in total. The van der Waals surface area contributed by atoms with Crippen LogP contribution in [0.4, 0.5) is 8.78 Å². The number of amides is 1. The standard InChI is InChI=1S/C17H22F2N2O/c1-20-10-11-4-6-21(7-5-11)17(22)15-9-13(15)14-8-12(18)2-3-16(14)19/h2-3,8,11,13,15,20H,4-7,9-10H2,1H3. The molecule has 1 saturated heterocycles. The number of halogens is 2. The molecule has 2 fully saturated rings.